The maximum atomic E-state index is 13.3. The molecule has 14 heavy (non-hydrogen) atoms. The minimum Gasteiger partial charge on any atom is -0.301 e. The molecule has 0 amide bonds. The van der Waals surface area contributed by atoms with E-state index in [4.69, 9.17) is 0 Å². The standard InChI is InChI=1S/C9H17F2N.C2H6/c1-7(2)8-4-5-12(3)6-9(8,10)11;1-2/h7-8H,4-6H2,1-3H3;1-2H3. The van der Waals surface area contributed by atoms with Gasteiger partial charge in [-0.05, 0) is 25.9 Å². The second kappa shape index (κ2) is 5.64. The summed E-state index contributed by atoms with van der Waals surface area (Å²) in [7, 11) is 1.75. The predicted molar refractivity (Wildman–Crippen MR) is 56.7 cm³/mol. The van der Waals surface area contributed by atoms with E-state index >= 15 is 0 Å². The highest BCUT2D eigenvalue weighted by molar-refractivity contribution is 4.86. The monoisotopic (exact) mass is 207 g/mol. The van der Waals surface area contributed by atoms with E-state index < -0.39 is 11.8 Å². The molecule has 0 bridgehead atoms. The van der Waals surface area contributed by atoms with Gasteiger partial charge in [0.1, 0.15) is 0 Å². The lowest BCUT2D eigenvalue weighted by Crippen LogP contribution is -2.48. The summed E-state index contributed by atoms with van der Waals surface area (Å²) in [4.78, 5) is 1.71. The Bertz CT molecular complexity index is 157. The van der Waals surface area contributed by atoms with Crippen molar-refractivity contribution in [2.24, 2.45) is 11.8 Å². The minimum atomic E-state index is -2.48. The second-order valence-corrected chi connectivity index (χ2v) is 4.14. The van der Waals surface area contributed by atoms with Gasteiger partial charge in [-0.3, -0.25) is 0 Å². The molecule has 3 heteroatoms. The van der Waals surface area contributed by atoms with Crippen LogP contribution in [-0.4, -0.2) is 31.0 Å². The van der Waals surface area contributed by atoms with Crippen molar-refractivity contribution >= 4 is 0 Å². The molecule has 1 heterocycles. The molecule has 1 aliphatic rings. The van der Waals surface area contributed by atoms with Gasteiger partial charge in [0.25, 0.3) is 5.92 Å². The van der Waals surface area contributed by atoms with Crippen LogP contribution in [-0.2, 0) is 0 Å². The molecular weight excluding hydrogens is 184 g/mol. The Morgan fingerprint density at radius 3 is 2.14 bits per heavy atom. The summed E-state index contributed by atoms with van der Waals surface area (Å²) in [6.45, 7) is 8.49. The SMILES string of the molecule is CC.CC(C)C1CCN(C)CC1(F)F. The van der Waals surface area contributed by atoms with Gasteiger partial charge in [0.05, 0.1) is 6.54 Å². The Balaban J connectivity index is 0.000000791. The fourth-order valence-corrected chi connectivity index (χ4v) is 1.95. The van der Waals surface area contributed by atoms with E-state index in [0.717, 1.165) is 6.54 Å². The lowest BCUT2D eigenvalue weighted by molar-refractivity contribution is -0.119. The Hall–Kier alpha value is -0.180. The van der Waals surface area contributed by atoms with Crippen molar-refractivity contribution in [1.29, 1.82) is 0 Å². The average Bonchev–Trinajstić information content (AvgIpc) is 2.04. The molecule has 1 aliphatic heterocycles. The Kier molecular flexibility index (Phi) is 5.57. The maximum absolute atomic E-state index is 13.3. The molecule has 0 aliphatic carbocycles. The van der Waals surface area contributed by atoms with E-state index in [1.54, 1.807) is 11.9 Å². The first-order valence-electron chi connectivity index (χ1n) is 5.50. The third-order valence-electron chi connectivity index (χ3n) is 2.65. The van der Waals surface area contributed by atoms with Gasteiger partial charge in [-0.1, -0.05) is 27.7 Å². The highest BCUT2D eigenvalue weighted by Gasteiger charge is 2.44. The molecule has 0 aromatic heterocycles. The number of nitrogens with zero attached hydrogens (tertiary/aromatic N) is 1. The summed E-state index contributed by atoms with van der Waals surface area (Å²) in [6, 6.07) is 0. The quantitative estimate of drug-likeness (QED) is 0.638. The second-order valence-electron chi connectivity index (χ2n) is 4.14. The van der Waals surface area contributed by atoms with Crippen LogP contribution in [0.15, 0.2) is 0 Å². The summed E-state index contributed by atoms with van der Waals surface area (Å²) in [6.07, 6.45) is 0.626. The van der Waals surface area contributed by atoms with E-state index in [0.29, 0.717) is 6.42 Å². The summed E-state index contributed by atoms with van der Waals surface area (Å²) < 4.78 is 26.7. The van der Waals surface area contributed by atoms with Crippen molar-refractivity contribution < 1.29 is 8.78 Å². The van der Waals surface area contributed by atoms with Crippen LogP contribution >= 0.6 is 0 Å². The lowest BCUT2D eigenvalue weighted by atomic mass is 9.84. The van der Waals surface area contributed by atoms with Crippen LogP contribution in [0, 0.1) is 11.8 Å². The molecule has 0 radical (unpaired) electrons. The molecular formula is C11H23F2N. The largest absolute Gasteiger partial charge is 0.301 e. The van der Waals surface area contributed by atoms with Gasteiger partial charge < -0.3 is 4.90 Å². The predicted octanol–water partition coefficient (Wildman–Crippen LogP) is 3.26. The van der Waals surface area contributed by atoms with E-state index in [1.165, 1.54) is 0 Å². The number of rotatable bonds is 1. The van der Waals surface area contributed by atoms with E-state index in [9.17, 15) is 8.78 Å². The Morgan fingerprint density at radius 1 is 1.29 bits per heavy atom. The highest BCUT2D eigenvalue weighted by Crippen LogP contribution is 2.36. The van der Waals surface area contributed by atoms with Gasteiger partial charge in [-0.2, -0.15) is 0 Å². The van der Waals surface area contributed by atoms with E-state index in [2.05, 4.69) is 0 Å². The summed E-state index contributed by atoms with van der Waals surface area (Å²) in [5, 5.41) is 0. The van der Waals surface area contributed by atoms with Gasteiger partial charge in [-0.25, -0.2) is 8.78 Å². The van der Waals surface area contributed by atoms with Gasteiger partial charge in [0.15, 0.2) is 0 Å². The highest BCUT2D eigenvalue weighted by atomic mass is 19.3. The van der Waals surface area contributed by atoms with Crippen molar-refractivity contribution in [3.63, 3.8) is 0 Å². The van der Waals surface area contributed by atoms with E-state index in [1.807, 2.05) is 27.7 Å². The van der Waals surface area contributed by atoms with Crippen molar-refractivity contribution in [2.75, 3.05) is 20.1 Å². The Morgan fingerprint density at radius 2 is 1.79 bits per heavy atom. The molecule has 0 spiro atoms. The minimum absolute atomic E-state index is 0.0736. The number of halogens is 2. The molecule has 1 nitrogen and oxygen atoms in total. The molecule has 1 saturated heterocycles. The molecule has 0 aromatic rings. The fraction of sp³-hybridized carbons (Fsp3) is 1.00. The van der Waals surface area contributed by atoms with Gasteiger partial charge in [0, 0.05) is 5.92 Å². The molecule has 0 saturated carbocycles. The molecule has 1 fully saturated rings. The summed E-state index contributed by atoms with van der Waals surface area (Å²) in [5.74, 6) is -2.82. The Labute approximate surface area is 86.5 Å². The van der Waals surface area contributed by atoms with Crippen molar-refractivity contribution in [1.82, 2.24) is 4.90 Å². The van der Waals surface area contributed by atoms with Crippen molar-refractivity contribution in [2.45, 2.75) is 40.0 Å². The van der Waals surface area contributed by atoms with Gasteiger partial charge in [-0.15, -0.1) is 0 Å². The average molecular weight is 207 g/mol. The van der Waals surface area contributed by atoms with Crippen LogP contribution in [0.25, 0.3) is 0 Å². The van der Waals surface area contributed by atoms with Crippen LogP contribution in [0.3, 0.4) is 0 Å². The van der Waals surface area contributed by atoms with Crippen LogP contribution < -0.4 is 0 Å². The maximum Gasteiger partial charge on any atom is 0.263 e. The third kappa shape index (κ3) is 3.52. The third-order valence-corrected chi connectivity index (χ3v) is 2.65. The first-order valence-corrected chi connectivity index (χ1v) is 5.50. The molecule has 86 valence electrons. The molecule has 1 atom stereocenters. The first kappa shape index (κ1) is 13.8. The zero-order chi connectivity index (χ0) is 11.4. The van der Waals surface area contributed by atoms with E-state index in [-0.39, 0.29) is 12.5 Å². The topological polar surface area (TPSA) is 3.24 Å². The van der Waals surface area contributed by atoms with Gasteiger partial charge >= 0.3 is 0 Å². The zero-order valence-electron chi connectivity index (χ0n) is 9.98. The fourth-order valence-electron chi connectivity index (χ4n) is 1.95. The number of hydrogen-bond donors (Lipinski definition) is 0. The first-order chi connectivity index (χ1) is 6.43. The normalized spacial score (nSPS) is 27.0. The zero-order valence-corrected chi connectivity index (χ0v) is 9.98. The van der Waals surface area contributed by atoms with Crippen molar-refractivity contribution in [3.8, 4) is 0 Å². The molecule has 1 unspecified atom stereocenters. The number of hydrogen-bond acceptors (Lipinski definition) is 1. The summed E-state index contributed by atoms with van der Waals surface area (Å²) >= 11 is 0. The van der Waals surface area contributed by atoms with Crippen molar-refractivity contribution in [3.05, 3.63) is 0 Å². The number of alkyl halides is 2. The van der Waals surface area contributed by atoms with Crippen LogP contribution in [0.5, 0.6) is 0 Å². The molecule has 0 N–H and O–H groups in total. The number of likely N-dealkylation sites (tertiary alicyclic amines) is 1. The lowest BCUT2D eigenvalue weighted by Gasteiger charge is -2.38. The molecule has 0 aromatic carbocycles. The van der Waals surface area contributed by atoms with Crippen LogP contribution in [0.2, 0.25) is 0 Å². The van der Waals surface area contributed by atoms with Gasteiger partial charge in [0.2, 0.25) is 0 Å². The number of piperidine rings is 1. The summed E-state index contributed by atoms with van der Waals surface area (Å²) in [5.41, 5.74) is 0. The van der Waals surface area contributed by atoms with Crippen LogP contribution in [0.1, 0.15) is 34.1 Å². The van der Waals surface area contributed by atoms with Crippen LogP contribution in [0.4, 0.5) is 8.78 Å². The smallest absolute Gasteiger partial charge is 0.263 e. The molecule has 1 rings (SSSR count).